The number of thiophene rings is 1. The van der Waals surface area contributed by atoms with Crippen molar-refractivity contribution in [3.05, 3.63) is 78.9 Å². The van der Waals surface area contributed by atoms with Gasteiger partial charge in [0.25, 0.3) is 0 Å². The average Bonchev–Trinajstić information content (AvgIpc) is 3.32. The fourth-order valence-electron chi connectivity index (χ4n) is 3.58. The Morgan fingerprint density at radius 2 is 1.85 bits per heavy atom. The van der Waals surface area contributed by atoms with Crippen LogP contribution in [-0.4, -0.2) is 15.8 Å². The highest BCUT2D eigenvalue weighted by Crippen LogP contribution is 2.49. The van der Waals surface area contributed by atoms with Crippen LogP contribution >= 0.6 is 43.2 Å². The van der Waals surface area contributed by atoms with Crippen LogP contribution in [0.2, 0.25) is 0 Å². The van der Waals surface area contributed by atoms with E-state index in [1.807, 2.05) is 35.3 Å². The van der Waals surface area contributed by atoms with Crippen molar-refractivity contribution in [2.24, 2.45) is 5.10 Å². The van der Waals surface area contributed by atoms with Crippen LogP contribution in [0, 0.1) is 0 Å². The van der Waals surface area contributed by atoms with Crippen LogP contribution in [0.5, 0.6) is 11.5 Å². The van der Waals surface area contributed by atoms with Gasteiger partial charge in [-0.3, -0.25) is 0 Å². The molecule has 0 saturated carbocycles. The first kappa shape index (κ1) is 17.3. The lowest BCUT2D eigenvalue weighted by Gasteiger charge is -2.38. The Labute approximate surface area is 177 Å². The Hall–Kier alpha value is -1.83. The molecule has 0 bridgehead atoms. The zero-order valence-electron chi connectivity index (χ0n) is 14.0. The lowest BCUT2D eigenvalue weighted by atomic mass is 9.97. The van der Waals surface area contributed by atoms with Crippen molar-refractivity contribution >= 4 is 48.9 Å². The number of benzene rings is 2. The van der Waals surface area contributed by atoms with E-state index in [4.69, 9.17) is 9.84 Å². The number of fused-ring (bicyclic) bond motifs is 3. The minimum Gasteiger partial charge on any atom is -0.507 e. The molecular weight excluding hydrogens is 492 g/mol. The first-order chi connectivity index (χ1) is 13.1. The van der Waals surface area contributed by atoms with E-state index in [0.29, 0.717) is 5.56 Å². The molecular formula is C20H14Br2N2O2S. The van der Waals surface area contributed by atoms with E-state index in [2.05, 4.69) is 49.4 Å². The van der Waals surface area contributed by atoms with Crippen LogP contribution in [0.1, 0.15) is 34.7 Å². The first-order valence-electron chi connectivity index (χ1n) is 8.44. The first-order valence-corrected chi connectivity index (χ1v) is 10.9. The highest BCUT2D eigenvalue weighted by molar-refractivity contribution is 9.10. The summed E-state index contributed by atoms with van der Waals surface area (Å²) in [6.07, 6.45) is 0.317. The van der Waals surface area contributed by atoms with Crippen molar-refractivity contribution in [3.8, 4) is 11.5 Å². The third-order valence-electron chi connectivity index (χ3n) is 4.81. The summed E-state index contributed by atoms with van der Waals surface area (Å²) < 4.78 is 8.21. The van der Waals surface area contributed by atoms with Gasteiger partial charge in [0, 0.05) is 20.9 Å². The van der Waals surface area contributed by atoms with Crippen molar-refractivity contribution in [2.75, 3.05) is 0 Å². The molecule has 0 aliphatic carbocycles. The molecule has 7 heteroatoms. The molecule has 0 spiro atoms. The van der Waals surface area contributed by atoms with Gasteiger partial charge < -0.3 is 9.84 Å². The highest BCUT2D eigenvalue weighted by Gasteiger charge is 2.42. The van der Waals surface area contributed by atoms with Gasteiger partial charge >= 0.3 is 0 Å². The Kier molecular flexibility index (Phi) is 4.26. The van der Waals surface area contributed by atoms with Crippen molar-refractivity contribution in [3.63, 3.8) is 0 Å². The molecule has 2 atom stereocenters. The molecule has 27 heavy (non-hydrogen) atoms. The van der Waals surface area contributed by atoms with Crippen molar-refractivity contribution < 1.29 is 9.84 Å². The summed E-state index contributed by atoms with van der Waals surface area (Å²) in [5, 5.41) is 19.4. The molecule has 0 saturated heterocycles. The van der Waals surface area contributed by atoms with E-state index >= 15 is 0 Å². The summed E-state index contributed by atoms with van der Waals surface area (Å²) in [5.41, 5.74) is 2.84. The fraction of sp³-hybridized carbons (Fsp3) is 0.150. The molecule has 2 aromatic carbocycles. The number of rotatable bonds is 2. The Morgan fingerprint density at radius 1 is 1.07 bits per heavy atom. The molecule has 1 N–H and O–H groups in total. The third kappa shape index (κ3) is 2.98. The van der Waals surface area contributed by atoms with Crippen LogP contribution in [0.15, 0.2) is 68.0 Å². The van der Waals surface area contributed by atoms with Gasteiger partial charge in [0.05, 0.1) is 22.2 Å². The zero-order valence-corrected chi connectivity index (χ0v) is 18.0. The van der Waals surface area contributed by atoms with E-state index in [1.54, 1.807) is 17.4 Å². The maximum atomic E-state index is 10.5. The lowest BCUT2D eigenvalue weighted by Crippen LogP contribution is -2.33. The fourth-order valence-corrected chi connectivity index (χ4v) is 5.06. The summed E-state index contributed by atoms with van der Waals surface area (Å²) in [6.45, 7) is 0. The van der Waals surface area contributed by atoms with Crippen LogP contribution in [0.3, 0.4) is 0 Å². The second-order valence-electron chi connectivity index (χ2n) is 6.48. The van der Waals surface area contributed by atoms with E-state index in [-0.39, 0.29) is 11.8 Å². The summed E-state index contributed by atoms with van der Waals surface area (Å²) in [6, 6.07) is 15.6. The number of ether oxygens (including phenoxy) is 1. The zero-order chi connectivity index (χ0) is 18.5. The summed E-state index contributed by atoms with van der Waals surface area (Å²) >= 11 is 8.75. The standard InChI is InChI=1S/C20H14Br2N2O2S/c21-11-3-5-17(25)14(9-11)20-24-16(10-15(23-24)19-2-1-7-27-19)13-8-12(22)4-6-18(13)26-20/h1-9,16,20,25H,10H2/t16-,20+/m0/s1. The number of nitrogens with zero attached hydrogens (tertiary/aromatic N) is 2. The van der Waals surface area contributed by atoms with E-state index in [0.717, 1.165) is 37.3 Å². The Bertz CT molecular complexity index is 1050. The van der Waals surface area contributed by atoms with E-state index in [9.17, 15) is 5.11 Å². The van der Waals surface area contributed by atoms with Gasteiger partial charge in [0.1, 0.15) is 11.5 Å². The molecule has 3 aromatic rings. The third-order valence-corrected chi connectivity index (χ3v) is 6.72. The monoisotopic (exact) mass is 504 g/mol. The van der Waals surface area contributed by atoms with Crippen molar-refractivity contribution in [1.82, 2.24) is 5.01 Å². The SMILES string of the molecule is Oc1ccc(Br)cc1[C@H]1Oc2ccc(Br)cc2[C@@H]2CC(c3cccs3)=NN12. The van der Waals surface area contributed by atoms with Crippen molar-refractivity contribution in [1.29, 1.82) is 0 Å². The number of hydrogen-bond donors (Lipinski definition) is 1. The molecule has 5 rings (SSSR count). The highest BCUT2D eigenvalue weighted by atomic mass is 79.9. The molecule has 0 unspecified atom stereocenters. The number of hydrogen-bond acceptors (Lipinski definition) is 5. The maximum Gasteiger partial charge on any atom is 0.217 e. The predicted octanol–water partition coefficient (Wildman–Crippen LogP) is 6.22. The second kappa shape index (κ2) is 6.65. The van der Waals surface area contributed by atoms with Gasteiger partial charge in [-0.1, -0.05) is 37.9 Å². The van der Waals surface area contributed by atoms with Gasteiger partial charge in [-0.15, -0.1) is 11.3 Å². The lowest BCUT2D eigenvalue weighted by molar-refractivity contribution is -0.0204. The summed E-state index contributed by atoms with van der Waals surface area (Å²) in [4.78, 5) is 1.16. The second-order valence-corrected chi connectivity index (χ2v) is 9.26. The van der Waals surface area contributed by atoms with Gasteiger partial charge in [-0.2, -0.15) is 5.10 Å². The predicted molar refractivity (Wildman–Crippen MR) is 113 cm³/mol. The summed E-state index contributed by atoms with van der Waals surface area (Å²) in [7, 11) is 0. The van der Waals surface area contributed by atoms with Gasteiger partial charge in [-0.05, 0) is 47.8 Å². The quantitative estimate of drug-likeness (QED) is 0.449. The van der Waals surface area contributed by atoms with Crippen LogP contribution in [-0.2, 0) is 0 Å². The number of aromatic hydroxyl groups is 1. The molecule has 1 aromatic heterocycles. The Morgan fingerprint density at radius 3 is 2.63 bits per heavy atom. The van der Waals surface area contributed by atoms with Crippen LogP contribution < -0.4 is 4.74 Å². The molecule has 4 nitrogen and oxygen atoms in total. The van der Waals surface area contributed by atoms with Crippen LogP contribution in [0.4, 0.5) is 0 Å². The largest absolute Gasteiger partial charge is 0.507 e. The smallest absolute Gasteiger partial charge is 0.217 e. The van der Waals surface area contributed by atoms with Crippen LogP contribution in [0.25, 0.3) is 0 Å². The molecule has 2 aliphatic heterocycles. The number of hydrazone groups is 1. The number of halogens is 2. The minimum atomic E-state index is -0.487. The topological polar surface area (TPSA) is 45.1 Å². The van der Waals surface area contributed by atoms with Gasteiger partial charge in [0.15, 0.2) is 0 Å². The Balaban J connectivity index is 1.65. The van der Waals surface area contributed by atoms with Gasteiger partial charge in [0.2, 0.25) is 6.23 Å². The maximum absolute atomic E-state index is 10.5. The number of phenolic OH excluding ortho intramolecular Hbond substituents is 1. The molecule has 0 fully saturated rings. The average molecular weight is 506 g/mol. The van der Waals surface area contributed by atoms with Gasteiger partial charge in [-0.25, -0.2) is 5.01 Å². The summed E-state index contributed by atoms with van der Waals surface area (Å²) in [5.74, 6) is 1.02. The molecule has 136 valence electrons. The molecule has 0 radical (unpaired) electrons. The molecule has 3 heterocycles. The van der Waals surface area contributed by atoms with E-state index in [1.165, 1.54) is 0 Å². The van der Waals surface area contributed by atoms with E-state index < -0.39 is 6.23 Å². The molecule has 2 aliphatic rings. The van der Waals surface area contributed by atoms with Crippen molar-refractivity contribution in [2.45, 2.75) is 18.7 Å². The number of phenols is 1. The molecule has 0 amide bonds. The normalized spacial score (nSPS) is 20.7. The minimum absolute atomic E-state index is 0.0618.